The summed E-state index contributed by atoms with van der Waals surface area (Å²) < 4.78 is 10.6. The second-order valence-corrected chi connectivity index (χ2v) is 8.60. The van der Waals surface area contributed by atoms with Crippen molar-refractivity contribution in [3.63, 3.8) is 0 Å². The van der Waals surface area contributed by atoms with Crippen LogP contribution >= 0.6 is 0 Å². The molecule has 1 atom stereocenters. The van der Waals surface area contributed by atoms with Crippen molar-refractivity contribution in [1.82, 2.24) is 9.80 Å². The first-order chi connectivity index (χ1) is 16.4. The number of phenols is 1. The lowest BCUT2D eigenvalue weighted by Crippen LogP contribution is -2.38. The van der Waals surface area contributed by atoms with Crippen molar-refractivity contribution < 1.29 is 29.3 Å². The molecule has 2 heterocycles. The summed E-state index contributed by atoms with van der Waals surface area (Å²) in [7, 11) is 1.43. The number of benzene rings is 2. The molecule has 0 bridgehead atoms. The first-order valence-corrected chi connectivity index (χ1v) is 11.4. The Hall–Kier alpha value is -3.36. The highest BCUT2D eigenvalue weighted by Crippen LogP contribution is 2.41. The summed E-state index contributed by atoms with van der Waals surface area (Å²) in [6.45, 7) is 6.11. The van der Waals surface area contributed by atoms with Gasteiger partial charge in [-0.05, 0) is 31.0 Å². The Kier molecular flexibility index (Phi) is 7.19. The highest BCUT2D eigenvalue weighted by atomic mass is 16.5. The van der Waals surface area contributed by atoms with Gasteiger partial charge in [-0.1, -0.05) is 35.9 Å². The molecule has 4 rings (SSSR count). The van der Waals surface area contributed by atoms with Crippen LogP contribution < -0.4 is 4.74 Å². The summed E-state index contributed by atoms with van der Waals surface area (Å²) in [5, 5.41) is 21.2. The normalized spacial score (nSPS) is 20.6. The molecular weight excluding hydrogens is 436 g/mol. The highest BCUT2D eigenvalue weighted by Gasteiger charge is 2.46. The Morgan fingerprint density at radius 3 is 2.47 bits per heavy atom. The van der Waals surface area contributed by atoms with Crippen LogP contribution in [0.5, 0.6) is 11.5 Å². The summed E-state index contributed by atoms with van der Waals surface area (Å²) in [6.07, 6.45) is 0.670. The zero-order chi connectivity index (χ0) is 24.2. The Morgan fingerprint density at radius 2 is 1.79 bits per heavy atom. The number of methoxy groups -OCH3 is 1. The third-order valence-electron chi connectivity index (χ3n) is 6.36. The molecule has 0 aromatic heterocycles. The van der Waals surface area contributed by atoms with Crippen molar-refractivity contribution in [3.05, 3.63) is 64.7 Å². The van der Waals surface area contributed by atoms with Gasteiger partial charge in [0.1, 0.15) is 5.76 Å². The van der Waals surface area contributed by atoms with Crippen molar-refractivity contribution in [2.75, 3.05) is 46.5 Å². The van der Waals surface area contributed by atoms with Gasteiger partial charge in [-0.2, -0.15) is 0 Å². The molecule has 2 fully saturated rings. The summed E-state index contributed by atoms with van der Waals surface area (Å²) in [5.41, 5.74) is 2.09. The zero-order valence-corrected chi connectivity index (χ0v) is 19.5. The molecule has 2 aliphatic rings. The molecule has 2 aromatic rings. The minimum Gasteiger partial charge on any atom is -0.507 e. The SMILES string of the molecule is COc1cc([C@@H]2C(=C(O)c3ccc(C)cc3)C(=O)C(=O)N2CCCN2CCOCC2)ccc1O. The standard InChI is InChI=1S/C26H30N2O6/c1-17-4-6-18(7-5-17)24(30)22-23(19-8-9-20(29)21(16-19)33-2)28(26(32)25(22)31)11-3-10-27-12-14-34-15-13-27/h4-9,16,23,29-30H,3,10-15H2,1-2H3/t23-/m1/s1. The number of carbonyl (C=O) groups is 2. The molecule has 34 heavy (non-hydrogen) atoms. The number of aromatic hydroxyl groups is 1. The number of rotatable bonds is 7. The molecule has 0 spiro atoms. The number of hydrogen-bond acceptors (Lipinski definition) is 7. The number of Topliss-reactive ketones (excluding diaryl/α,β-unsaturated/α-hetero) is 1. The minimum absolute atomic E-state index is 0.0352. The lowest BCUT2D eigenvalue weighted by molar-refractivity contribution is -0.140. The topological polar surface area (TPSA) is 99.5 Å². The molecule has 8 heteroatoms. The number of carbonyl (C=O) groups excluding carboxylic acids is 2. The van der Waals surface area contributed by atoms with Crippen LogP contribution in [0, 0.1) is 6.92 Å². The summed E-state index contributed by atoms with van der Waals surface area (Å²) in [5.74, 6) is -1.40. The van der Waals surface area contributed by atoms with Gasteiger partial charge in [0.25, 0.3) is 11.7 Å². The molecule has 180 valence electrons. The number of likely N-dealkylation sites (tertiary alicyclic amines) is 1. The number of nitrogens with zero attached hydrogens (tertiary/aromatic N) is 2. The zero-order valence-electron chi connectivity index (χ0n) is 19.5. The van der Waals surface area contributed by atoms with Crippen LogP contribution in [0.3, 0.4) is 0 Å². The van der Waals surface area contributed by atoms with E-state index in [2.05, 4.69) is 4.90 Å². The van der Waals surface area contributed by atoms with E-state index in [1.807, 2.05) is 19.1 Å². The van der Waals surface area contributed by atoms with Gasteiger partial charge in [-0.25, -0.2) is 0 Å². The Morgan fingerprint density at radius 1 is 1.09 bits per heavy atom. The summed E-state index contributed by atoms with van der Waals surface area (Å²) in [4.78, 5) is 30.0. The molecule has 0 aliphatic carbocycles. The number of ketones is 1. The Bertz CT molecular complexity index is 1090. The van der Waals surface area contributed by atoms with Crippen LogP contribution in [0.4, 0.5) is 0 Å². The lowest BCUT2D eigenvalue weighted by Gasteiger charge is -2.29. The van der Waals surface area contributed by atoms with E-state index in [4.69, 9.17) is 9.47 Å². The van der Waals surface area contributed by atoms with Gasteiger partial charge >= 0.3 is 0 Å². The number of aliphatic hydroxyl groups excluding tert-OH is 1. The van der Waals surface area contributed by atoms with Crippen molar-refractivity contribution in [3.8, 4) is 11.5 Å². The maximum absolute atomic E-state index is 13.2. The monoisotopic (exact) mass is 466 g/mol. The van der Waals surface area contributed by atoms with Crippen LogP contribution in [0.15, 0.2) is 48.0 Å². The van der Waals surface area contributed by atoms with E-state index < -0.39 is 17.7 Å². The minimum atomic E-state index is -0.791. The average molecular weight is 467 g/mol. The third kappa shape index (κ3) is 4.78. The van der Waals surface area contributed by atoms with Crippen LogP contribution in [0.2, 0.25) is 0 Å². The van der Waals surface area contributed by atoms with E-state index in [1.165, 1.54) is 18.1 Å². The maximum Gasteiger partial charge on any atom is 0.295 e. The Balaban J connectivity index is 1.70. The van der Waals surface area contributed by atoms with Crippen LogP contribution in [-0.2, 0) is 14.3 Å². The number of aliphatic hydroxyl groups is 1. The van der Waals surface area contributed by atoms with Crippen LogP contribution in [0.25, 0.3) is 5.76 Å². The quantitative estimate of drug-likeness (QED) is 0.368. The summed E-state index contributed by atoms with van der Waals surface area (Å²) in [6, 6.07) is 11.1. The van der Waals surface area contributed by atoms with E-state index in [1.54, 1.807) is 24.3 Å². The van der Waals surface area contributed by atoms with E-state index in [0.29, 0.717) is 37.3 Å². The largest absolute Gasteiger partial charge is 0.507 e. The van der Waals surface area contributed by atoms with Gasteiger partial charge in [0.15, 0.2) is 11.5 Å². The number of amides is 1. The molecule has 2 aliphatic heterocycles. The van der Waals surface area contributed by atoms with Gasteiger partial charge in [0.2, 0.25) is 0 Å². The molecule has 2 aromatic carbocycles. The van der Waals surface area contributed by atoms with Crippen LogP contribution in [-0.4, -0.2) is 78.2 Å². The molecule has 0 radical (unpaired) electrons. The predicted molar refractivity (Wildman–Crippen MR) is 127 cm³/mol. The van der Waals surface area contributed by atoms with E-state index in [0.717, 1.165) is 25.2 Å². The molecular formula is C26H30N2O6. The Labute approximate surface area is 199 Å². The van der Waals surface area contributed by atoms with Crippen molar-refractivity contribution >= 4 is 17.4 Å². The second kappa shape index (κ2) is 10.3. The molecule has 0 unspecified atom stereocenters. The average Bonchev–Trinajstić information content (AvgIpc) is 3.10. The van der Waals surface area contributed by atoms with Gasteiger partial charge in [0, 0.05) is 31.7 Å². The number of morpholine rings is 1. The smallest absolute Gasteiger partial charge is 0.295 e. The lowest BCUT2D eigenvalue weighted by atomic mass is 9.94. The van der Waals surface area contributed by atoms with Crippen molar-refractivity contribution in [1.29, 1.82) is 0 Å². The van der Waals surface area contributed by atoms with E-state index in [-0.39, 0.29) is 22.8 Å². The molecule has 1 amide bonds. The van der Waals surface area contributed by atoms with Gasteiger partial charge in [0.05, 0.1) is 31.9 Å². The first kappa shape index (κ1) is 23.8. The van der Waals surface area contributed by atoms with Gasteiger partial charge in [-0.3, -0.25) is 14.5 Å². The fourth-order valence-electron chi connectivity index (χ4n) is 4.48. The predicted octanol–water partition coefficient (Wildman–Crippen LogP) is 2.85. The number of ether oxygens (including phenoxy) is 2. The first-order valence-electron chi connectivity index (χ1n) is 11.4. The molecule has 2 saturated heterocycles. The molecule has 8 nitrogen and oxygen atoms in total. The fraction of sp³-hybridized carbons (Fsp3) is 0.385. The highest BCUT2D eigenvalue weighted by molar-refractivity contribution is 6.46. The fourth-order valence-corrected chi connectivity index (χ4v) is 4.48. The van der Waals surface area contributed by atoms with E-state index >= 15 is 0 Å². The van der Waals surface area contributed by atoms with Crippen LogP contribution in [0.1, 0.15) is 29.2 Å². The number of phenolic OH excluding ortho intramolecular Hbond substituents is 1. The molecule has 2 N–H and O–H groups in total. The number of hydrogen-bond donors (Lipinski definition) is 2. The van der Waals surface area contributed by atoms with E-state index in [9.17, 15) is 19.8 Å². The third-order valence-corrected chi connectivity index (χ3v) is 6.36. The number of aryl methyl sites for hydroxylation is 1. The second-order valence-electron chi connectivity index (χ2n) is 8.60. The van der Waals surface area contributed by atoms with Crippen molar-refractivity contribution in [2.24, 2.45) is 0 Å². The van der Waals surface area contributed by atoms with Gasteiger partial charge < -0.3 is 24.6 Å². The maximum atomic E-state index is 13.2. The molecule has 0 saturated carbocycles. The van der Waals surface area contributed by atoms with Crippen molar-refractivity contribution in [2.45, 2.75) is 19.4 Å². The van der Waals surface area contributed by atoms with Gasteiger partial charge in [-0.15, -0.1) is 0 Å². The summed E-state index contributed by atoms with van der Waals surface area (Å²) >= 11 is 0.